The number of anilines is 1. The molecule has 94 valence electrons. The second kappa shape index (κ2) is 4.89. The number of rotatable bonds is 2. The van der Waals surface area contributed by atoms with Gasteiger partial charge in [-0.2, -0.15) is 0 Å². The Morgan fingerprint density at radius 2 is 1.67 bits per heavy atom. The normalized spacial score (nSPS) is 10.4. The Balaban J connectivity index is 2.34. The van der Waals surface area contributed by atoms with Crippen molar-refractivity contribution >= 4 is 21.6 Å². The summed E-state index contributed by atoms with van der Waals surface area (Å²) in [6.45, 7) is 0. The average Bonchev–Trinajstić information content (AvgIpc) is 2.31. The van der Waals surface area contributed by atoms with Gasteiger partial charge in [-0.25, -0.2) is 13.2 Å². The third-order valence-electron chi connectivity index (χ3n) is 2.17. The van der Waals surface area contributed by atoms with E-state index in [0.717, 1.165) is 18.2 Å². The summed E-state index contributed by atoms with van der Waals surface area (Å²) >= 11 is 2.97. The summed E-state index contributed by atoms with van der Waals surface area (Å²) in [7, 11) is 0. The van der Waals surface area contributed by atoms with Crippen LogP contribution in [0.15, 0.2) is 34.8 Å². The van der Waals surface area contributed by atoms with Crippen LogP contribution in [-0.2, 0) is 0 Å². The number of nitrogens with two attached hydrogens (primary N) is 1. The van der Waals surface area contributed by atoms with Gasteiger partial charge in [0.25, 0.3) is 0 Å². The Morgan fingerprint density at radius 3 is 2.33 bits per heavy atom. The maximum Gasteiger partial charge on any atom is 0.162 e. The van der Waals surface area contributed by atoms with Crippen LogP contribution < -0.4 is 10.5 Å². The SMILES string of the molecule is Nc1cc(Br)c(F)cc1Oc1ccc(F)c(F)c1. The molecule has 0 unspecified atom stereocenters. The highest BCUT2D eigenvalue weighted by atomic mass is 79.9. The van der Waals surface area contributed by atoms with E-state index >= 15 is 0 Å². The Kier molecular flexibility index (Phi) is 3.47. The van der Waals surface area contributed by atoms with E-state index in [4.69, 9.17) is 10.5 Å². The predicted molar refractivity (Wildman–Crippen MR) is 64.9 cm³/mol. The molecule has 2 aromatic rings. The van der Waals surface area contributed by atoms with Crippen molar-refractivity contribution < 1.29 is 17.9 Å². The molecule has 6 heteroatoms. The van der Waals surface area contributed by atoms with Gasteiger partial charge in [0.15, 0.2) is 17.4 Å². The van der Waals surface area contributed by atoms with Crippen LogP contribution in [0, 0.1) is 17.5 Å². The third-order valence-corrected chi connectivity index (χ3v) is 2.78. The van der Waals surface area contributed by atoms with Crippen LogP contribution in [0.4, 0.5) is 18.9 Å². The molecule has 0 radical (unpaired) electrons. The fourth-order valence-corrected chi connectivity index (χ4v) is 1.66. The van der Waals surface area contributed by atoms with Gasteiger partial charge < -0.3 is 10.5 Å². The van der Waals surface area contributed by atoms with E-state index in [9.17, 15) is 13.2 Å². The quantitative estimate of drug-likeness (QED) is 0.841. The lowest BCUT2D eigenvalue weighted by atomic mass is 10.3. The van der Waals surface area contributed by atoms with E-state index < -0.39 is 17.5 Å². The van der Waals surface area contributed by atoms with Crippen LogP contribution in [0.25, 0.3) is 0 Å². The fraction of sp³-hybridized carbons (Fsp3) is 0. The van der Waals surface area contributed by atoms with Crippen molar-refractivity contribution in [3.8, 4) is 11.5 Å². The molecule has 2 rings (SSSR count). The van der Waals surface area contributed by atoms with Crippen LogP contribution in [0.2, 0.25) is 0 Å². The minimum Gasteiger partial charge on any atom is -0.455 e. The number of halogens is 4. The van der Waals surface area contributed by atoms with Gasteiger partial charge in [-0.15, -0.1) is 0 Å². The summed E-state index contributed by atoms with van der Waals surface area (Å²) in [6.07, 6.45) is 0. The first-order valence-corrected chi connectivity index (χ1v) is 5.64. The molecular formula is C12H7BrF3NO. The number of hydrogen-bond acceptors (Lipinski definition) is 2. The Labute approximate surface area is 109 Å². The number of benzene rings is 2. The van der Waals surface area contributed by atoms with Gasteiger partial charge in [-0.1, -0.05) is 0 Å². The van der Waals surface area contributed by atoms with Gasteiger partial charge in [0.1, 0.15) is 11.6 Å². The van der Waals surface area contributed by atoms with Gasteiger partial charge in [-0.05, 0) is 34.1 Å². The molecule has 0 heterocycles. The average molecular weight is 318 g/mol. The van der Waals surface area contributed by atoms with Crippen LogP contribution >= 0.6 is 15.9 Å². The first-order valence-electron chi connectivity index (χ1n) is 4.85. The van der Waals surface area contributed by atoms with Crippen LogP contribution in [-0.4, -0.2) is 0 Å². The minimum absolute atomic E-state index is 0.0294. The topological polar surface area (TPSA) is 35.2 Å². The molecule has 2 aromatic carbocycles. The van der Waals surface area contributed by atoms with Crippen LogP contribution in [0.1, 0.15) is 0 Å². The molecule has 0 spiro atoms. The van der Waals surface area contributed by atoms with Gasteiger partial charge >= 0.3 is 0 Å². The summed E-state index contributed by atoms with van der Waals surface area (Å²) < 4.78 is 44.3. The molecule has 0 aromatic heterocycles. The number of hydrogen-bond donors (Lipinski definition) is 1. The zero-order valence-electron chi connectivity index (χ0n) is 8.88. The monoisotopic (exact) mass is 317 g/mol. The maximum absolute atomic E-state index is 13.3. The zero-order chi connectivity index (χ0) is 13.3. The molecule has 2 N–H and O–H groups in total. The highest BCUT2D eigenvalue weighted by molar-refractivity contribution is 9.10. The van der Waals surface area contributed by atoms with E-state index in [2.05, 4.69) is 15.9 Å². The fourth-order valence-electron chi connectivity index (χ4n) is 1.30. The Bertz CT molecular complexity index is 604. The van der Waals surface area contributed by atoms with Crippen molar-refractivity contribution in [2.45, 2.75) is 0 Å². The van der Waals surface area contributed by atoms with Crippen molar-refractivity contribution in [2.24, 2.45) is 0 Å². The molecule has 0 atom stereocenters. The molecular weight excluding hydrogens is 311 g/mol. The zero-order valence-corrected chi connectivity index (χ0v) is 10.5. The summed E-state index contributed by atoms with van der Waals surface area (Å²) in [6, 6.07) is 5.37. The number of nitrogen functional groups attached to an aromatic ring is 1. The van der Waals surface area contributed by atoms with Crippen molar-refractivity contribution in [2.75, 3.05) is 5.73 Å². The Morgan fingerprint density at radius 1 is 0.944 bits per heavy atom. The molecule has 18 heavy (non-hydrogen) atoms. The lowest BCUT2D eigenvalue weighted by molar-refractivity contribution is 0.459. The second-order valence-corrected chi connectivity index (χ2v) is 4.34. The molecule has 0 aliphatic heterocycles. The Hall–Kier alpha value is -1.69. The summed E-state index contributed by atoms with van der Waals surface area (Å²) in [4.78, 5) is 0. The van der Waals surface area contributed by atoms with E-state index in [1.807, 2.05) is 0 Å². The maximum atomic E-state index is 13.3. The van der Waals surface area contributed by atoms with Gasteiger partial charge in [-0.3, -0.25) is 0 Å². The lowest BCUT2D eigenvalue weighted by Gasteiger charge is -2.09. The predicted octanol–water partition coefficient (Wildman–Crippen LogP) is 4.24. The number of ether oxygens (including phenoxy) is 1. The highest BCUT2D eigenvalue weighted by Gasteiger charge is 2.09. The molecule has 2 nitrogen and oxygen atoms in total. The molecule has 0 saturated carbocycles. The largest absolute Gasteiger partial charge is 0.455 e. The standard InChI is InChI=1S/C12H7BrF3NO/c13-7-4-11(17)12(5-9(7)15)18-6-1-2-8(14)10(16)3-6/h1-5H,17H2. The molecule has 0 aliphatic carbocycles. The molecule has 0 amide bonds. The first kappa shape index (κ1) is 12.8. The molecule has 0 bridgehead atoms. The van der Waals surface area contributed by atoms with Gasteiger partial charge in [0.2, 0.25) is 0 Å². The van der Waals surface area contributed by atoms with E-state index in [1.54, 1.807) is 0 Å². The first-order chi connectivity index (χ1) is 8.47. The summed E-state index contributed by atoms with van der Waals surface area (Å²) in [5, 5.41) is 0. The molecule has 0 aliphatic rings. The molecule has 0 saturated heterocycles. The van der Waals surface area contributed by atoms with E-state index in [1.165, 1.54) is 12.1 Å². The third kappa shape index (κ3) is 2.59. The smallest absolute Gasteiger partial charge is 0.162 e. The minimum atomic E-state index is -1.05. The van der Waals surface area contributed by atoms with Crippen molar-refractivity contribution in [3.63, 3.8) is 0 Å². The van der Waals surface area contributed by atoms with Crippen LogP contribution in [0.3, 0.4) is 0 Å². The van der Waals surface area contributed by atoms with Crippen molar-refractivity contribution in [3.05, 3.63) is 52.3 Å². The summed E-state index contributed by atoms with van der Waals surface area (Å²) in [5.74, 6) is -2.55. The highest BCUT2D eigenvalue weighted by Crippen LogP contribution is 2.32. The van der Waals surface area contributed by atoms with Gasteiger partial charge in [0.05, 0.1) is 10.2 Å². The second-order valence-electron chi connectivity index (χ2n) is 3.48. The van der Waals surface area contributed by atoms with Crippen LogP contribution in [0.5, 0.6) is 11.5 Å². The lowest BCUT2D eigenvalue weighted by Crippen LogP contribution is -1.95. The van der Waals surface area contributed by atoms with E-state index in [-0.39, 0.29) is 21.7 Å². The van der Waals surface area contributed by atoms with Gasteiger partial charge in [0, 0.05) is 12.1 Å². The van der Waals surface area contributed by atoms with Crippen molar-refractivity contribution in [1.82, 2.24) is 0 Å². The van der Waals surface area contributed by atoms with Crippen molar-refractivity contribution in [1.29, 1.82) is 0 Å². The molecule has 0 fully saturated rings. The summed E-state index contributed by atoms with van der Waals surface area (Å²) in [5.41, 5.74) is 5.79. The van der Waals surface area contributed by atoms with E-state index in [0.29, 0.717) is 0 Å².